The number of methoxy groups -OCH3 is 1. The monoisotopic (exact) mass is 490 g/mol. The van der Waals surface area contributed by atoms with Gasteiger partial charge in [0.2, 0.25) is 6.79 Å². The molecule has 9 heteroatoms. The van der Waals surface area contributed by atoms with Gasteiger partial charge in [0.1, 0.15) is 5.75 Å². The van der Waals surface area contributed by atoms with Gasteiger partial charge in [0.15, 0.2) is 28.3 Å². The second kappa shape index (κ2) is 9.50. The highest BCUT2D eigenvalue weighted by atomic mass is 32.2. The summed E-state index contributed by atoms with van der Waals surface area (Å²) in [5, 5.41) is 9.46. The molecule has 0 saturated carbocycles. The largest absolute Gasteiger partial charge is 0.497 e. The number of hydrogen-bond donors (Lipinski definition) is 0. The van der Waals surface area contributed by atoms with Crippen LogP contribution in [0.2, 0.25) is 0 Å². The zero-order valence-corrected chi connectivity index (χ0v) is 20.9. The van der Waals surface area contributed by atoms with Gasteiger partial charge in [0.05, 0.1) is 12.9 Å². The van der Waals surface area contributed by atoms with Crippen LogP contribution in [0.3, 0.4) is 0 Å². The number of benzene rings is 2. The Labute approximate surface area is 207 Å². The molecule has 0 fully saturated rings. The lowest BCUT2D eigenvalue weighted by Gasteiger charge is -2.11. The predicted octanol–water partition coefficient (Wildman–Crippen LogP) is 5.08. The van der Waals surface area contributed by atoms with Gasteiger partial charge in [-0.15, -0.1) is 10.2 Å². The number of carbonyl (C=O) groups is 1. The van der Waals surface area contributed by atoms with Crippen LogP contribution in [-0.4, -0.2) is 44.8 Å². The van der Waals surface area contributed by atoms with Crippen molar-refractivity contribution < 1.29 is 19.0 Å². The Balaban J connectivity index is 1.35. The molecule has 0 aliphatic carbocycles. The molecule has 180 valence electrons. The number of Topliss-reactive ketones (excluding diaryl/α,β-unsaturated/α-hetero) is 1. The fourth-order valence-electron chi connectivity index (χ4n) is 4.31. The number of ether oxygens (including phenoxy) is 3. The number of ketones is 1. The van der Waals surface area contributed by atoms with Crippen LogP contribution < -0.4 is 14.2 Å². The van der Waals surface area contributed by atoms with Crippen molar-refractivity contribution in [3.8, 4) is 34.3 Å². The normalized spacial score (nSPS) is 12.2. The molecule has 1 aliphatic rings. The van der Waals surface area contributed by atoms with E-state index in [9.17, 15) is 4.79 Å². The molecule has 0 bridgehead atoms. The number of fused-ring (bicyclic) bond motifs is 1. The van der Waals surface area contributed by atoms with Crippen molar-refractivity contribution in [2.24, 2.45) is 0 Å². The van der Waals surface area contributed by atoms with Crippen LogP contribution in [0, 0.1) is 13.8 Å². The smallest absolute Gasteiger partial charge is 0.231 e. The summed E-state index contributed by atoms with van der Waals surface area (Å²) in [7, 11) is 1.64. The highest BCUT2D eigenvalue weighted by Gasteiger charge is 2.21. The summed E-state index contributed by atoms with van der Waals surface area (Å²) in [5.74, 6) is 3.32. The van der Waals surface area contributed by atoms with Gasteiger partial charge in [-0.25, -0.2) is 0 Å². The van der Waals surface area contributed by atoms with E-state index in [1.165, 1.54) is 11.8 Å². The quantitative estimate of drug-likeness (QED) is 0.252. The van der Waals surface area contributed by atoms with Crippen molar-refractivity contribution in [2.75, 3.05) is 19.7 Å². The minimum Gasteiger partial charge on any atom is -0.497 e. The van der Waals surface area contributed by atoms with Crippen LogP contribution in [0.5, 0.6) is 17.2 Å². The molecule has 3 heterocycles. The number of aryl methyl sites for hydroxylation is 1. The molecule has 0 unspecified atom stereocenters. The zero-order chi connectivity index (χ0) is 24.5. The summed E-state index contributed by atoms with van der Waals surface area (Å²) in [6.07, 6.45) is 0. The maximum Gasteiger partial charge on any atom is 0.231 e. The Bertz CT molecular complexity index is 1390. The third kappa shape index (κ3) is 4.27. The van der Waals surface area contributed by atoms with Crippen LogP contribution >= 0.6 is 11.8 Å². The Morgan fingerprint density at radius 3 is 2.57 bits per heavy atom. The number of rotatable bonds is 8. The van der Waals surface area contributed by atoms with Crippen molar-refractivity contribution in [3.05, 3.63) is 65.5 Å². The molecule has 0 atom stereocenters. The molecule has 35 heavy (non-hydrogen) atoms. The lowest BCUT2D eigenvalue weighted by molar-refractivity contribution is 0.102. The SMILES string of the molecule is CCn1c(SCC(=O)c2cc(C)n(-c3ccc4c(c3)OCO4)c2C)nnc1-c1ccc(OC)cc1. The molecule has 4 aromatic rings. The Kier molecular flexibility index (Phi) is 6.25. The molecular formula is C26H26N4O4S. The van der Waals surface area contributed by atoms with Gasteiger partial charge in [-0.3, -0.25) is 4.79 Å². The maximum absolute atomic E-state index is 13.2. The average molecular weight is 491 g/mol. The lowest BCUT2D eigenvalue weighted by Crippen LogP contribution is -2.07. The van der Waals surface area contributed by atoms with Crippen LogP contribution in [0.25, 0.3) is 17.1 Å². The van der Waals surface area contributed by atoms with Crippen LogP contribution in [0.15, 0.2) is 53.7 Å². The first-order chi connectivity index (χ1) is 17.0. The molecule has 2 aromatic heterocycles. The van der Waals surface area contributed by atoms with E-state index in [0.717, 1.165) is 45.1 Å². The molecule has 0 radical (unpaired) electrons. The van der Waals surface area contributed by atoms with Crippen LogP contribution in [0.1, 0.15) is 28.7 Å². The third-order valence-electron chi connectivity index (χ3n) is 6.06. The van der Waals surface area contributed by atoms with Crippen molar-refractivity contribution in [1.82, 2.24) is 19.3 Å². The first-order valence-corrected chi connectivity index (χ1v) is 12.3. The van der Waals surface area contributed by atoms with Gasteiger partial charge < -0.3 is 23.3 Å². The Hall–Kier alpha value is -3.72. The highest BCUT2D eigenvalue weighted by molar-refractivity contribution is 7.99. The molecular weight excluding hydrogens is 464 g/mol. The Morgan fingerprint density at radius 2 is 1.83 bits per heavy atom. The minimum absolute atomic E-state index is 0.0479. The van der Waals surface area contributed by atoms with E-state index in [4.69, 9.17) is 14.2 Å². The number of thioether (sulfide) groups is 1. The zero-order valence-electron chi connectivity index (χ0n) is 20.1. The van der Waals surface area contributed by atoms with Crippen molar-refractivity contribution in [3.63, 3.8) is 0 Å². The summed E-state index contributed by atoms with van der Waals surface area (Å²) in [6, 6.07) is 15.5. The van der Waals surface area contributed by atoms with Gasteiger partial charge in [-0.2, -0.15) is 0 Å². The molecule has 1 aliphatic heterocycles. The first kappa shape index (κ1) is 23.0. The lowest BCUT2D eigenvalue weighted by atomic mass is 10.2. The Morgan fingerprint density at radius 1 is 1.06 bits per heavy atom. The van der Waals surface area contributed by atoms with Gasteiger partial charge in [-0.05, 0) is 63.2 Å². The molecule has 0 saturated heterocycles. The fourth-order valence-corrected chi connectivity index (χ4v) is 5.19. The second-order valence-corrected chi connectivity index (χ2v) is 9.09. The summed E-state index contributed by atoms with van der Waals surface area (Å²) < 4.78 is 20.3. The minimum atomic E-state index is 0.0479. The molecule has 0 N–H and O–H groups in total. The first-order valence-electron chi connectivity index (χ1n) is 11.3. The summed E-state index contributed by atoms with van der Waals surface area (Å²) in [4.78, 5) is 13.2. The van der Waals surface area contributed by atoms with E-state index in [2.05, 4.69) is 14.8 Å². The van der Waals surface area contributed by atoms with E-state index < -0.39 is 0 Å². The van der Waals surface area contributed by atoms with E-state index >= 15 is 0 Å². The standard InChI is InChI=1S/C26H26N4O4S/c1-5-29-25(18-6-9-20(32-4)10-7-18)27-28-26(29)35-14-22(31)21-12-16(2)30(17(21)3)19-8-11-23-24(13-19)34-15-33-23/h6-13H,5,14-15H2,1-4H3. The summed E-state index contributed by atoms with van der Waals surface area (Å²) >= 11 is 1.40. The molecule has 2 aromatic carbocycles. The van der Waals surface area contributed by atoms with E-state index in [-0.39, 0.29) is 18.3 Å². The van der Waals surface area contributed by atoms with E-state index in [1.807, 2.05) is 73.9 Å². The number of hydrogen-bond acceptors (Lipinski definition) is 7. The molecule has 0 amide bonds. The van der Waals surface area contributed by atoms with E-state index in [0.29, 0.717) is 17.9 Å². The van der Waals surface area contributed by atoms with Gasteiger partial charge in [-0.1, -0.05) is 11.8 Å². The van der Waals surface area contributed by atoms with Crippen LogP contribution in [-0.2, 0) is 6.54 Å². The third-order valence-corrected chi connectivity index (χ3v) is 7.03. The fraction of sp³-hybridized carbons (Fsp3) is 0.269. The molecule has 8 nitrogen and oxygen atoms in total. The number of aromatic nitrogens is 4. The van der Waals surface area contributed by atoms with Gasteiger partial charge in [0.25, 0.3) is 0 Å². The number of nitrogens with zero attached hydrogens (tertiary/aromatic N) is 4. The van der Waals surface area contributed by atoms with Crippen molar-refractivity contribution >= 4 is 17.5 Å². The summed E-state index contributed by atoms with van der Waals surface area (Å²) in [5.41, 5.74) is 4.46. The van der Waals surface area contributed by atoms with Crippen LogP contribution in [0.4, 0.5) is 0 Å². The molecule has 0 spiro atoms. The predicted molar refractivity (Wildman–Crippen MR) is 134 cm³/mol. The summed E-state index contributed by atoms with van der Waals surface area (Å²) in [6.45, 7) is 6.93. The van der Waals surface area contributed by atoms with E-state index in [1.54, 1.807) is 7.11 Å². The topological polar surface area (TPSA) is 80.4 Å². The maximum atomic E-state index is 13.2. The van der Waals surface area contributed by atoms with Crippen molar-refractivity contribution in [1.29, 1.82) is 0 Å². The van der Waals surface area contributed by atoms with Gasteiger partial charge in [0, 0.05) is 40.8 Å². The van der Waals surface area contributed by atoms with Crippen molar-refractivity contribution in [2.45, 2.75) is 32.5 Å². The number of carbonyl (C=O) groups excluding carboxylic acids is 1. The average Bonchev–Trinajstić information content (AvgIpc) is 3.58. The molecule has 5 rings (SSSR count). The second-order valence-electron chi connectivity index (χ2n) is 8.15. The highest BCUT2D eigenvalue weighted by Crippen LogP contribution is 2.35. The van der Waals surface area contributed by atoms with Gasteiger partial charge >= 0.3 is 0 Å².